The molecule has 0 amide bonds. The SMILES string of the molecule is CCCCN(C)C1(c2cccc(O)c2)CCC(N2CCOCC2)C(C)C1. The first-order chi connectivity index (χ1) is 12.6. The zero-order valence-electron chi connectivity index (χ0n) is 16.8. The predicted molar refractivity (Wildman–Crippen MR) is 107 cm³/mol. The number of hydrogen-bond acceptors (Lipinski definition) is 4. The highest BCUT2D eigenvalue weighted by Gasteiger charge is 2.44. The van der Waals surface area contributed by atoms with Gasteiger partial charge in [-0.2, -0.15) is 0 Å². The van der Waals surface area contributed by atoms with Gasteiger partial charge < -0.3 is 9.84 Å². The molecule has 146 valence electrons. The van der Waals surface area contributed by atoms with Crippen molar-refractivity contribution in [1.82, 2.24) is 9.80 Å². The summed E-state index contributed by atoms with van der Waals surface area (Å²) < 4.78 is 5.55. The first kappa shape index (κ1) is 19.7. The molecule has 1 aliphatic heterocycles. The molecule has 0 radical (unpaired) electrons. The Morgan fingerprint density at radius 1 is 1.31 bits per heavy atom. The van der Waals surface area contributed by atoms with E-state index in [0.29, 0.717) is 17.7 Å². The van der Waals surface area contributed by atoms with Gasteiger partial charge in [0.15, 0.2) is 0 Å². The second-order valence-electron chi connectivity index (χ2n) is 8.29. The molecular formula is C22H36N2O2. The second-order valence-corrected chi connectivity index (χ2v) is 8.29. The zero-order chi connectivity index (χ0) is 18.6. The van der Waals surface area contributed by atoms with Crippen molar-refractivity contribution in [3.05, 3.63) is 29.8 Å². The highest BCUT2D eigenvalue weighted by molar-refractivity contribution is 5.33. The van der Waals surface area contributed by atoms with Crippen LogP contribution in [0.3, 0.4) is 0 Å². The second kappa shape index (κ2) is 8.73. The molecule has 0 aromatic heterocycles. The summed E-state index contributed by atoms with van der Waals surface area (Å²) in [7, 11) is 2.28. The van der Waals surface area contributed by atoms with Crippen molar-refractivity contribution in [1.29, 1.82) is 0 Å². The van der Waals surface area contributed by atoms with Crippen LogP contribution in [-0.4, -0.2) is 60.8 Å². The van der Waals surface area contributed by atoms with Crippen LogP contribution >= 0.6 is 0 Å². The van der Waals surface area contributed by atoms with Gasteiger partial charge in [0, 0.05) is 24.7 Å². The number of phenolic OH excluding ortho intramolecular Hbond substituents is 1. The topological polar surface area (TPSA) is 35.9 Å². The number of aromatic hydroxyl groups is 1. The van der Waals surface area contributed by atoms with Crippen LogP contribution in [0.2, 0.25) is 0 Å². The van der Waals surface area contributed by atoms with E-state index >= 15 is 0 Å². The van der Waals surface area contributed by atoms with E-state index in [1.807, 2.05) is 12.1 Å². The van der Waals surface area contributed by atoms with E-state index in [1.165, 1.54) is 24.8 Å². The fourth-order valence-electron chi connectivity index (χ4n) is 5.13. The van der Waals surface area contributed by atoms with Gasteiger partial charge in [0.25, 0.3) is 0 Å². The highest BCUT2D eigenvalue weighted by Crippen LogP contribution is 2.46. The Bertz CT molecular complexity index is 573. The number of ether oxygens (including phenoxy) is 1. The maximum absolute atomic E-state index is 10.1. The Morgan fingerprint density at radius 3 is 2.73 bits per heavy atom. The molecule has 2 fully saturated rings. The molecule has 2 aliphatic rings. The Kier molecular flexibility index (Phi) is 6.60. The summed E-state index contributed by atoms with van der Waals surface area (Å²) in [6.45, 7) is 9.67. The maximum atomic E-state index is 10.1. The number of hydrogen-bond donors (Lipinski definition) is 1. The normalized spacial score (nSPS) is 30.6. The molecular weight excluding hydrogens is 324 g/mol. The van der Waals surface area contributed by atoms with Gasteiger partial charge in [0.1, 0.15) is 5.75 Å². The van der Waals surface area contributed by atoms with Crippen LogP contribution in [0.25, 0.3) is 0 Å². The van der Waals surface area contributed by atoms with E-state index < -0.39 is 0 Å². The van der Waals surface area contributed by atoms with Gasteiger partial charge in [-0.1, -0.05) is 32.4 Å². The molecule has 0 spiro atoms. The van der Waals surface area contributed by atoms with Crippen molar-refractivity contribution in [2.75, 3.05) is 39.9 Å². The Balaban J connectivity index is 1.83. The lowest BCUT2D eigenvalue weighted by molar-refractivity contribution is -0.0374. The lowest BCUT2D eigenvalue weighted by Gasteiger charge is -2.52. The molecule has 1 aliphatic carbocycles. The van der Waals surface area contributed by atoms with Gasteiger partial charge in [-0.05, 0) is 62.9 Å². The first-order valence-corrected chi connectivity index (χ1v) is 10.4. The maximum Gasteiger partial charge on any atom is 0.115 e. The van der Waals surface area contributed by atoms with Crippen LogP contribution in [-0.2, 0) is 10.3 Å². The molecule has 3 unspecified atom stereocenters. The largest absolute Gasteiger partial charge is 0.508 e. The standard InChI is InChI=1S/C22H36N2O2/c1-4-5-11-23(3)22(19-7-6-8-20(25)16-19)10-9-21(18(2)17-22)24-12-14-26-15-13-24/h6-8,16,18,21,25H,4-5,9-15,17H2,1-3H3. The summed E-state index contributed by atoms with van der Waals surface area (Å²) in [4.78, 5) is 5.21. The molecule has 3 atom stereocenters. The third-order valence-corrected chi connectivity index (χ3v) is 6.65. The lowest BCUT2D eigenvalue weighted by Crippen LogP contribution is -2.55. The van der Waals surface area contributed by atoms with E-state index in [4.69, 9.17) is 4.74 Å². The highest BCUT2D eigenvalue weighted by atomic mass is 16.5. The fourth-order valence-corrected chi connectivity index (χ4v) is 5.13. The number of unbranched alkanes of at least 4 members (excludes halogenated alkanes) is 1. The number of nitrogens with zero attached hydrogens (tertiary/aromatic N) is 2. The summed E-state index contributed by atoms with van der Waals surface area (Å²) in [5.74, 6) is 1.02. The molecule has 1 heterocycles. The van der Waals surface area contributed by atoms with Crippen LogP contribution < -0.4 is 0 Å². The van der Waals surface area contributed by atoms with Gasteiger partial charge in [-0.15, -0.1) is 0 Å². The van der Waals surface area contributed by atoms with E-state index in [2.05, 4.69) is 36.8 Å². The van der Waals surface area contributed by atoms with Crippen LogP contribution in [0.4, 0.5) is 0 Å². The van der Waals surface area contributed by atoms with Gasteiger partial charge in [0.2, 0.25) is 0 Å². The van der Waals surface area contributed by atoms with Crippen LogP contribution in [0.15, 0.2) is 24.3 Å². The van der Waals surface area contributed by atoms with E-state index in [9.17, 15) is 5.11 Å². The summed E-state index contributed by atoms with van der Waals surface area (Å²) in [6, 6.07) is 8.64. The molecule has 26 heavy (non-hydrogen) atoms. The molecule has 1 saturated heterocycles. The Morgan fingerprint density at radius 2 is 2.08 bits per heavy atom. The average molecular weight is 361 g/mol. The lowest BCUT2D eigenvalue weighted by atomic mass is 9.69. The minimum atomic E-state index is 0.0378. The van der Waals surface area contributed by atoms with Crippen LogP contribution in [0.1, 0.15) is 51.5 Å². The number of rotatable bonds is 6. The molecule has 1 aromatic carbocycles. The molecule has 4 nitrogen and oxygen atoms in total. The summed E-state index contributed by atoms with van der Waals surface area (Å²) >= 11 is 0. The minimum absolute atomic E-state index is 0.0378. The predicted octanol–water partition coefficient (Wildman–Crippen LogP) is 3.84. The molecule has 0 bridgehead atoms. The Hall–Kier alpha value is -1.10. The molecule has 1 N–H and O–H groups in total. The van der Waals surface area contributed by atoms with Crippen molar-refractivity contribution in [3.8, 4) is 5.75 Å². The van der Waals surface area contributed by atoms with E-state index in [0.717, 1.165) is 45.7 Å². The minimum Gasteiger partial charge on any atom is -0.508 e. The van der Waals surface area contributed by atoms with Crippen LogP contribution in [0, 0.1) is 5.92 Å². The first-order valence-electron chi connectivity index (χ1n) is 10.4. The summed E-state index contributed by atoms with van der Waals surface area (Å²) in [6.07, 6.45) is 5.96. The van der Waals surface area contributed by atoms with Gasteiger partial charge >= 0.3 is 0 Å². The zero-order valence-corrected chi connectivity index (χ0v) is 16.8. The van der Waals surface area contributed by atoms with Gasteiger partial charge in [0.05, 0.1) is 13.2 Å². The number of benzene rings is 1. The van der Waals surface area contributed by atoms with Crippen molar-refractivity contribution in [3.63, 3.8) is 0 Å². The monoisotopic (exact) mass is 360 g/mol. The molecule has 1 saturated carbocycles. The van der Waals surface area contributed by atoms with Crippen molar-refractivity contribution in [2.24, 2.45) is 5.92 Å². The van der Waals surface area contributed by atoms with Crippen molar-refractivity contribution >= 4 is 0 Å². The third kappa shape index (κ3) is 4.08. The quantitative estimate of drug-likeness (QED) is 0.836. The van der Waals surface area contributed by atoms with Crippen molar-refractivity contribution in [2.45, 2.75) is 57.5 Å². The van der Waals surface area contributed by atoms with Gasteiger partial charge in [-0.3, -0.25) is 9.80 Å². The third-order valence-electron chi connectivity index (χ3n) is 6.65. The molecule has 4 heteroatoms. The van der Waals surface area contributed by atoms with E-state index in [1.54, 1.807) is 6.07 Å². The number of phenols is 1. The van der Waals surface area contributed by atoms with Crippen LogP contribution in [0.5, 0.6) is 5.75 Å². The summed E-state index contributed by atoms with van der Waals surface area (Å²) in [5.41, 5.74) is 1.32. The molecule has 1 aromatic rings. The Labute approximate surface area is 159 Å². The fraction of sp³-hybridized carbons (Fsp3) is 0.727. The van der Waals surface area contributed by atoms with Crippen molar-refractivity contribution < 1.29 is 9.84 Å². The van der Waals surface area contributed by atoms with E-state index in [-0.39, 0.29) is 5.54 Å². The number of morpholine rings is 1. The molecule has 3 rings (SSSR count). The summed E-state index contributed by atoms with van der Waals surface area (Å²) in [5, 5.41) is 10.1. The average Bonchev–Trinajstić information content (AvgIpc) is 2.66. The van der Waals surface area contributed by atoms with Gasteiger partial charge in [-0.25, -0.2) is 0 Å². The smallest absolute Gasteiger partial charge is 0.115 e.